The van der Waals surface area contributed by atoms with Gasteiger partial charge in [-0.05, 0) is 35.7 Å². The van der Waals surface area contributed by atoms with E-state index >= 15 is 0 Å². The Morgan fingerprint density at radius 2 is 2.12 bits per heavy atom. The second kappa shape index (κ2) is 7.49. The van der Waals surface area contributed by atoms with Crippen LogP contribution in [0, 0.1) is 0 Å². The predicted octanol–water partition coefficient (Wildman–Crippen LogP) is 3.30. The molecular formula is C19H20N2O4S. The molecule has 2 unspecified atom stereocenters. The van der Waals surface area contributed by atoms with Gasteiger partial charge in [-0.25, -0.2) is 4.98 Å². The Bertz CT molecular complexity index is 805. The summed E-state index contributed by atoms with van der Waals surface area (Å²) in [7, 11) is 1.64. The quantitative estimate of drug-likeness (QED) is 0.637. The SMILES string of the molecule is COc1ccc(OCC2COC(Cn3ccnc3)(c3cccs3)O2)cc1. The molecule has 0 N–H and O–H groups in total. The minimum absolute atomic E-state index is 0.150. The number of rotatable bonds is 7. The molecule has 136 valence electrons. The van der Waals surface area contributed by atoms with Crippen molar-refractivity contribution in [2.45, 2.75) is 18.4 Å². The van der Waals surface area contributed by atoms with Gasteiger partial charge in [-0.1, -0.05) is 6.07 Å². The molecular weight excluding hydrogens is 352 g/mol. The molecule has 3 aromatic rings. The van der Waals surface area contributed by atoms with Crippen molar-refractivity contribution in [1.29, 1.82) is 0 Å². The van der Waals surface area contributed by atoms with Crippen LogP contribution in [0.5, 0.6) is 11.5 Å². The van der Waals surface area contributed by atoms with Gasteiger partial charge in [-0.15, -0.1) is 11.3 Å². The zero-order valence-electron chi connectivity index (χ0n) is 14.4. The number of hydrogen-bond acceptors (Lipinski definition) is 6. The third-order valence-corrected chi connectivity index (χ3v) is 5.20. The van der Waals surface area contributed by atoms with Crippen molar-refractivity contribution in [1.82, 2.24) is 9.55 Å². The first-order valence-electron chi connectivity index (χ1n) is 8.36. The number of benzene rings is 1. The van der Waals surface area contributed by atoms with Gasteiger partial charge in [-0.2, -0.15) is 0 Å². The van der Waals surface area contributed by atoms with Gasteiger partial charge in [0.15, 0.2) is 0 Å². The van der Waals surface area contributed by atoms with Crippen LogP contribution in [0.1, 0.15) is 4.88 Å². The largest absolute Gasteiger partial charge is 0.497 e. The lowest BCUT2D eigenvalue weighted by molar-refractivity contribution is -0.186. The highest BCUT2D eigenvalue weighted by atomic mass is 32.1. The molecule has 6 nitrogen and oxygen atoms in total. The van der Waals surface area contributed by atoms with Gasteiger partial charge in [0.25, 0.3) is 0 Å². The first-order chi connectivity index (χ1) is 12.8. The first kappa shape index (κ1) is 17.1. The third kappa shape index (κ3) is 3.60. The fraction of sp³-hybridized carbons (Fsp3) is 0.316. The van der Waals surface area contributed by atoms with E-state index in [2.05, 4.69) is 4.98 Å². The summed E-state index contributed by atoms with van der Waals surface area (Å²) in [6, 6.07) is 11.5. The maximum absolute atomic E-state index is 6.32. The molecule has 4 rings (SSSR count). The second-order valence-corrected chi connectivity index (χ2v) is 6.95. The summed E-state index contributed by atoms with van der Waals surface area (Å²) >= 11 is 1.62. The molecule has 0 bridgehead atoms. The molecule has 7 heteroatoms. The summed E-state index contributed by atoms with van der Waals surface area (Å²) in [6.07, 6.45) is 5.27. The van der Waals surface area contributed by atoms with E-state index in [1.165, 1.54) is 0 Å². The maximum Gasteiger partial charge on any atom is 0.223 e. The van der Waals surface area contributed by atoms with Crippen LogP contribution >= 0.6 is 11.3 Å². The highest BCUT2D eigenvalue weighted by Gasteiger charge is 2.44. The smallest absolute Gasteiger partial charge is 0.223 e. The minimum atomic E-state index is -0.803. The van der Waals surface area contributed by atoms with Crippen LogP contribution in [-0.4, -0.2) is 36.0 Å². The Morgan fingerprint density at radius 3 is 2.81 bits per heavy atom. The zero-order chi connectivity index (χ0) is 17.8. The van der Waals surface area contributed by atoms with E-state index in [9.17, 15) is 0 Å². The average molecular weight is 372 g/mol. The lowest BCUT2D eigenvalue weighted by atomic mass is 10.2. The summed E-state index contributed by atoms with van der Waals surface area (Å²) < 4.78 is 25.4. The third-order valence-electron chi connectivity index (χ3n) is 4.20. The van der Waals surface area contributed by atoms with Crippen molar-refractivity contribution in [2.24, 2.45) is 0 Å². The monoisotopic (exact) mass is 372 g/mol. The lowest BCUT2D eigenvalue weighted by Gasteiger charge is -2.27. The molecule has 1 aliphatic heterocycles. The Balaban J connectivity index is 1.43. The normalized spacial score (nSPS) is 22.4. The minimum Gasteiger partial charge on any atom is -0.497 e. The van der Waals surface area contributed by atoms with Crippen LogP contribution in [0.2, 0.25) is 0 Å². The van der Waals surface area contributed by atoms with Crippen LogP contribution in [-0.2, 0) is 21.8 Å². The molecule has 0 aliphatic carbocycles. The van der Waals surface area contributed by atoms with Crippen molar-refractivity contribution in [3.63, 3.8) is 0 Å². The van der Waals surface area contributed by atoms with Crippen molar-refractivity contribution < 1.29 is 18.9 Å². The van der Waals surface area contributed by atoms with Gasteiger partial charge in [0.05, 0.1) is 31.5 Å². The van der Waals surface area contributed by atoms with Gasteiger partial charge in [0.2, 0.25) is 5.79 Å². The molecule has 0 saturated carbocycles. The van der Waals surface area contributed by atoms with Gasteiger partial charge in [0.1, 0.15) is 24.2 Å². The molecule has 1 aliphatic rings. The van der Waals surface area contributed by atoms with E-state index in [1.54, 1.807) is 31.0 Å². The molecule has 26 heavy (non-hydrogen) atoms. The number of hydrogen-bond donors (Lipinski definition) is 0. The molecule has 3 heterocycles. The van der Waals surface area contributed by atoms with Crippen LogP contribution in [0.4, 0.5) is 0 Å². The zero-order valence-corrected chi connectivity index (χ0v) is 15.2. The highest BCUT2D eigenvalue weighted by molar-refractivity contribution is 7.10. The number of aromatic nitrogens is 2. The molecule has 1 aromatic carbocycles. The highest BCUT2D eigenvalue weighted by Crippen LogP contribution is 2.38. The topological polar surface area (TPSA) is 54.7 Å². The Labute approximate surface area is 155 Å². The Morgan fingerprint density at radius 1 is 1.27 bits per heavy atom. The molecule has 2 atom stereocenters. The number of thiophene rings is 1. The van der Waals surface area contributed by atoms with Crippen molar-refractivity contribution in [2.75, 3.05) is 20.3 Å². The predicted molar refractivity (Wildman–Crippen MR) is 97.5 cm³/mol. The summed E-state index contributed by atoms with van der Waals surface area (Å²) in [6.45, 7) is 1.44. The van der Waals surface area contributed by atoms with Gasteiger partial charge in [-0.3, -0.25) is 0 Å². The molecule has 0 amide bonds. The van der Waals surface area contributed by atoms with Crippen LogP contribution in [0.15, 0.2) is 60.5 Å². The van der Waals surface area contributed by atoms with Gasteiger partial charge >= 0.3 is 0 Å². The molecule has 1 fully saturated rings. The molecule has 0 spiro atoms. The fourth-order valence-electron chi connectivity index (χ4n) is 2.91. The second-order valence-electron chi connectivity index (χ2n) is 6.00. The van der Waals surface area contributed by atoms with E-state index < -0.39 is 5.79 Å². The summed E-state index contributed by atoms with van der Waals surface area (Å²) in [4.78, 5) is 5.15. The Hall–Kier alpha value is -2.35. The first-order valence-corrected chi connectivity index (χ1v) is 9.24. The van der Waals surface area contributed by atoms with E-state index in [4.69, 9.17) is 18.9 Å². The van der Waals surface area contributed by atoms with Crippen LogP contribution in [0.25, 0.3) is 0 Å². The maximum atomic E-state index is 6.32. The number of imidazole rings is 1. The van der Waals surface area contributed by atoms with E-state index in [1.807, 2.05) is 52.5 Å². The summed E-state index contributed by atoms with van der Waals surface area (Å²) in [5, 5.41) is 2.03. The number of nitrogens with zero attached hydrogens (tertiary/aromatic N) is 2. The van der Waals surface area contributed by atoms with Gasteiger partial charge in [0, 0.05) is 12.4 Å². The van der Waals surface area contributed by atoms with Crippen molar-refractivity contribution >= 4 is 11.3 Å². The average Bonchev–Trinajstić information content (AvgIpc) is 3.43. The molecule has 1 saturated heterocycles. The fourth-order valence-corrected chi connectivity index (χ4v) is 3.73. The standard InChI is InChI=1S/C19H20N2O4S/c1-22-15-4-6-16(7-5-15)23-11-17-12-24-19(25-17,18-3-2-10-26-18)13-21-9-8-20-14-21/h2-10,14,17H,11-13H2,1H3. The van der Waals surface area contributed by atoms with Crippen LogP contribution < -0.4 is 9.47 Å². The number of methoxy groups -OCH3 is 1. The Kier molecular flexibility index (Phi) is 4.92. The van der Waals surface area contributed by atoms with Crippen molar-refractivity contribution in [3.8, 4) is 11.5 Å². The van der Waals surface area contributed by atoms with E-state index in [0.717, 1.165) is 16.4 Å². The summed E-state index contributed by atoms with van der Waals surface area (Å²) in [5.74, 6) is 0.774. The van der Waals surface area contributed by atoms with Crippen molar-refractivity contribution in [3.05, 3.63) is 65.4 Å². The van der Waals surface area contributed by atoms with Gasteiger partial charge < -0.3 is 23.5 Å². The van der Waals surface area contributed by atoms with E-state index in [0.29, 0.717) is 19.8 Å². The molecule has 0 radical (unpaired) electrons. The summed E-state index contributed by atoms with van der Waals surface area (Å²) in [5.41, 5.74) is 0. The lowest BCUT2D eigenvalue weighted by Crippen LogP contribution is -2.33. The van der Waals surface area contributed by atoms with Crippen LogP contribution in [0.3, 0.4) is 0 Å². The van der Waals surface area contributed by atoms with E-state index in [-0.39, 0.29) is 6.10 Å². The molecule has 2 aromatic heterocycles. The number of ether oxygens (including phenoxy) is 4.